The van der Waals surface area contributed by atoms with E-state index in [0.29, 0.717) is 17.6 Å². The van der Waals surface area contributed by atoms with Gasteiger partial charge in [0.05, 0.1) is 6.20 Å². The topological polar surface area (TPSA) is 66.9 Å². The van der Waals surface area contributed by atoms with E-state index in [1.807, 2.05) is 18.2 Å². The molecule has 5 heteroatoms. The monoisotopic (exact) mass is 374 g/mol. The molecule has 144 valence electrons. The summed E-state index contributed by atoms with van der Waals surface area (Å²) >= 11 is 0. The van der Waals surface area contributed by atoms with E-state index in [-0.39, 0.29) is 5.91 Å². The van der Waals surface area contributed by atoms with Gasteiger partial charge in [-0.2, -0.15) is 5.10 Å². The molecular formula is C23H26N4O. The van der Waals surface area contributed by atoms with Crippen LogP contribution < -0.4 is 10.6 Å². The van der Waals surface area contributed by atoms with Crippen molar-refractivity contribution in [1.29, 1.82) is 0 Å². The zero-order chi connectivity index (χ0) is 19.7. The molecule has 2 aromatic carbocycles. The fraction of sp³-hybridized carbons (Fsp3) is 0.348. The van der Waals surface area contributed by atoms with Crippen molar-refractivity contribution in [2.75, 3.05) is 5.32 Å². The van der Waals surface area contributed by atoms with Crippen LogP contribution in [-0.2, 0) is 0 Å². The van der Waals surface area contributed by atoms with Crippen molar-refractivity contribution < 1.29 is 4.79 Å². The molecule has 0 aliphatic heterocycles. The summed E-state index contributed by atoms with van der Waals surface area (Å²) < 4.78 is 0. The van der Waals surface area contributed by atoms with E-state index < -0.39 is 0 Å². The minimum atomic E-state index is 0.00967. The van der Waals surface area contributed by atoms with Crippen molar-refractivity contribution in [3.8, 4) is 11.1 Å². The standard InChI is InChI=1S/C23H26N4O/c1-4-15(3)25-22-20-10-7-16(11-18(20)13-24-27-22)21-12-17(6-5-14(21)2)23(28)26-19-8-9-19/h5-7,10-13,15,19H,4,8-9H2,1-3H3,(H,25,27)(H,26,28). The zero-order valence-electron chi connectivity index (χ0n) is 16.6. The normalized spacial score (nSPS) is 14.7. The Bertz CT molecular complexity index is 1030. The smallest absolute Gasteiger partial charge is 0.251 e. The predicted molar refractivity (Wildman–Crippen MR) is 114 cm³/mol. The molecule has 3 aromatic rings. The van der Waals surface area contributed by atoms with Gasteiger partial charge >= 0.3 is 0 Å². The van der Waals surface area contributed by atoms with Gasteiger partial charge in [-0.3, -0.25) is 4.79 Å². The molecule has 1 saturated carbocycles. The number of aromatic nitrogens is 2. The summed E-state index contributed by atoms with van der Waals surface area (Å²) in [6.45, 7) is 6.35. The third kappa shape index (κ3) is 3.84. The largest absolute Gasteiger partial charge is 0.366 e. The van der Waals surface area contributed by atoms with E-state index in [1.165, 1.54) is 0 Å². The first kappa shape index (κ1) is 18.4. The minimum Gasteiger partial charge on any atom is -0.366 e. The summed E-state index contributed by atoms with van der Waals surface area (Å²) in [5.41, 5.74) is 3.99. The summed E-state index contributed by atoms with van der Waals surface area (Å²) in [5.74, 6) is 0.822. The van der Waals surface area contributed by atoms with Crippen molar-refractivity contribution in [1.82, 2.24) is 15.5 Å². The third-order valence-corrected chi connectivity index (χ3v) is 5.38. The lowest BCUT2D eigenvalue weighted by atomic mass is 9.96. The Morgan fingerprint density at radius 2 is 2.04 bits per heavy atom. The van der Waals surface area contributed by atoms with Gasteiger partial charge < -0.3 is 10.6 Å². The van der Waals surface area contributed by atoms with Gasteiger partial charge in [-0.05, 0) is 74.1 Å². The van der Waals surface area contributed by atoms with Crippen LogP contribution in [0.2, 0.25) is 0 Å². The quantitative estimate of drug-likeness (QED) is 0.656. The number of nitrogens with one attached hydrogen (secondary N) is 2. The second-order valence-electron chi connectivity index (χ2n) is 7.73. The van der Waals surface area contributed by atoms with Crippen molar-refractivity contribution in [3.05, 3.63) is 53.7 Å². The number of fused-ring (bicyclic) bond motifs is 1. The van der Waals surface area contributed by atoms with E-state index in [0.717, 1.165) is 52.5 Å². The average molecular weight is 374 g/mol. The molecule has 2 N–H and O–H groups in total. The molecule has 1 aliphatic carbocycles. The molecule has 4 rings (SSSR count). The van der Waals surface area contributed by atoms with Crippen LogP contribution in [0.15, 0.2) is 42.6 Å². The number of amides is 1. The van der Waals surface area contributed by atoms with Crippen LogP contribution in [0, 0.1) is 6.92 Å². The Hall–Kier alpha value is -2.95. The highest BCUT2D eigenvalue weighted by Crippen LogP contribution is 2.30. The maximum atomic E-state index is 12.4. The molecule has 1 fully saturated rings. The second-order valence-corrected chi connectivity index (χ2v) is 7.73. The lowest BCUT2D eigenvalue weighted by Crippen LogP contribution is -2.25. The lowest BCUT2D eigenvalue weighted by molar-refractivity contribution is 0.0951. The van der Waals surface area contributed by atoms with E-state index in [4.69, 9.17) is 0 Å². The minimum absolute atomic E-state index is 0.00967. The van der Waals surface area contributed by atoms with Gasteiger partial charge in [0.25, 0.3) is 5.91 Å². The molecule has 1 unspecified atom stereocenters. The molecule has 1 heterocycles. The molecule has 0 saturated heterocycles. The van der Waals surface area contributed by atoms with Crippen molar-refractivity contribution in [2.45, 2.75) is 52.1 Å². The van der Waals surface area contributed by atoms with Crippen molar-refractivity contribution in [2.24, 2.45) is 0 Å². The molecule has 28 heavy (non-hydrogen) atoms. The third-order valence-electron chi connectivity index (χ3n) is 5.38. The lowest BCUT2D eigenvalue weighted by Gasteiger charge is -2.14. The van der Waals surface area contributed by atoms with Crippen molar-refractivity contribution >= 4 is 22.5 Å². The Morgan fingerprint density at radius 3 is 2.79 bits per heavy atom. The van der Waals surface area contributed by atoms with Crippen LogP contribution in [0.3, 0.4) is 0 Å². The van der Waals surface area contributed by atoms with Crippen molar-refractivity contribution in [3.63, 3.8) is 0 Å². The number of carbonyl (C=O) groups excluding carboxylic acids is 1. The van der Waals surface area contributed by atoms with Crippen LogP contribution in [-0.4, -0.2) is 28.2 Å². The van der Waals surface area contributed by atoms with Crippen LogP contribution in [0.1, 0.15) is 49.0 Å². The molecule has 0 spiro atoms. The number of hydrogen-bond acceptors (Lipinski definition) is 4. The first-order chi connectivity index (χ1) is 13.5. The highest BCUT2D eigenvalue weighted by atomic mass is 16.1. The van der Waals surface area contributed by atoms with Crippen LogP contribution in [0.25, 0.3) is 21.9 Å². The molecule has 0 bridgehead atoms. The first-order valence-corrected chi connectivity index (χ1v) is 9.99. The number of hydrogen-bond donors (Lipinski definition) is 2. The zero-order valence-corrected chi connectivity index (χ0v) is 16.6. The number of benzene rings is 2. The van der Waals surface area contributed by atoms with Gasteiger partial charge in [-0.25, -0.2) is 0 Å². The number of aryl methyl sites for hydroxylation is 1. The number of anilines is 1. The molecule has 1 aromatic heterocycles. The second kappa shape index (κ2) is 7.58. The fourth-order valence-electron chi connectivity index (χ4n) is 3.27. The molecule has 1 amide bonds. The van der Waals surface area contributed by atoms with Gasteiger partial charge in [-0.15, -0.1) is 5.10 Å². The average Bonchev–Trinajstić information content (AvgIpc) is 3.52. The number of rotatable bonds is 6. The van der Waals surface area contributed by atoms with E-state index in [1.54, 1.807) is 6.20 Å². The van der Waals surface area contributed by atoms with E-state index in [2.05, 4.69) is 59.8 Å². The maximum absolute atomic E-state index is 12.4. The van der Waals surface area contributed by atoms with Gasteiger partial charge in [0.15, 0.2) is 5.82 Å². The highest BCUT2D eigenvalue weighted by molar-refractivity contribution is 5.97. The number of carbonyl (C=O) groups is 1. The fourth-order valence-corrected chi connectivity index (χ4v) is 3.27. The van der Waals surface area contributed by atoms with Gasteiger partial charge in [-0.1, -0.05) is 19.1 Å². The molecule has 0 radical (unpaired) electrons. The SMILES string of the molecule is CCC(C)Nc1nncc2cc(-c3cc(C(=O)NC4CC4)ccc3C)ccc12. The molecule has 5 nitrogen and oxygen atoms in total. The number of nitrogens with zero attached hydrogens (tertiary/aromatic N) is 2. The summed E-state index contributed by atoms with van der Waals surface area (Å²) in [6.07, 6.45) is 4.98. The molecular weight excluding hydrogens is 348 g/mol. The summed E-state index contributed by atoms with van der Waals surface area (Å²) in [6, 6.07) is 12.9. The van der Waals surface area contributed by atoms with Crippen LogP contribution >= 0.6 is 0 Å². The summed E-state index contributed by atoms with van der Waals surface area (Å²) in [5, 5.41) is 17.0. The Morgan fingerprint density at radius 1 is 1.21 bits per heavy atom. The van der Waals surface area contributed by atoms with Gasteiger partial charge in [0, 0.05) is 28.4 Å². The van der Waals surface area contributed by atoms with Crippen LogP contribution in [0.4, 0.5) is 5.82 Å². The van der Waals surface area contributed by atoms with E-state index in [9.17, 15) is 4.79 Å². The Balaban J connectivity index is 1.69. The maximum Gasteiger partial charge on any atom is 0.251 e. The summed E-state index contributed by atoms with van der Waals surface area (Å²) in [7, 11) is 0. The van der Waals surface area contributed by atoms with E-state index >= 15 is 0 Å². The van der Waals surface area contributed by atoms with Gasteiger partial charge in [0.2, 0.25) is 0 Å². The highest BCUT2D eigenvalue weighted by Gasteiger charge is 2.24. The molecule has 1 aliphatic rings. The predicted octanol–water partition coefficient (Wildman–Crippen LogP) is 4.71. The summed E-state index contributed by atoms with van der Waals surface area (Å²) in [4.78, 5) is 12.4. The van der Waals surface area contributed by atoms with Crippen LogP contribution in [0.5, 0.6) is 0 Å². The Kier molecular flexibility index (Phi) is 4.99. The van der Waals surface area contributed by atoms with Gasteiger partial charge in [0.1, 0.15) is 0 Å². The molecule has 1 atom stereocenters. The Labute approximate surface area is 165 Å². The first-order valence-electron chi connectivity index (χ1n) is 9.99.